The lowest BCUT2D eigenvalue weighted by Crippen LogP contribution is -2.38. The van der Waals surface area contributed by atoms with E-state index in [-0.39, 0.29) is 5.82 Å². The summed E-state index contributed by atoms with van der Waals surface area (Å²) in [5, 5.41) is 8.86. The summed E-state index contributed by atoms with van der Waals surface area (Å²) in [6, 6.07) is 7.15. The minimum Gasteiger partial charge on any atom is -0.371 e. The van der Waals surface area contributed by atoms with Crippen LogP contribution in [0.2, 0.25) is 0 Å². The van der Waals surface area contributed by atoms with Gasteiger partial charge in [0, 0.05) is 24.8 Å². The molecule has 1 aromatic carbocycles. The van der Waals surface area contributed by atoms with E-state index in [2.05, 4.69) is 4.90 Å². The van der Waals surface area contributed by atoms with Gasteiger partial charge < -0.3 is 10.6 Å². The molecule has 1 aliphatic rings. The van der Waals surface area contributed by atoms with Crippen LogP contribution in [0.15, 0.2) is 18.2 Å². The molecule has 1 aliphatic carbocycles. The van der Waals surface area contributed by atoms with Gasteiger partial charge in [0.15, 0.2) is 0 Å². The zero-order chi connectivity index (χ0) is 13.1. The molecule has 2 N–H and O–H groups in total. The molecule has 4 heteroatoms. The third-order valence-electron chi connectivity index (χ3n) is 3.71. The van der Waals surface area contributed by atoms with Gasteiger partial charge in [-0.1, -0.05) is 0 Å². The summed E-state index contributed by atoms with van der Waals surface area (Å²) >= 11 is 0. The maximum atomic E-state index is 13.4. The van der Waals surface area contributed by atoms with E-state index in [1.54, 1.807) is 6.07 Å². The van der Waals surface area contributed by atoms with Crippen molar-refractivity contribution in [2.24, 2.45) is 5.73 Å². The maximum absolute atomic E-state index is 13.4. The first-order valence-corrected chi connectivity index (χ1v) is 6.29. The van der Waals surface area contributed by atoms with Gasteiger partial charge in [-0.05, 0) is 43.9 Å². The minimum atomic E-state index is -0.358. The molecule has 18 heavy (non-hydrogen) atoms. The van der Waals surface area contributed by atoms with Crippen LogP contribution in [0.25, 0.3) is 0 Å². The highest BCUT2D eigenvalue weighted by Crippen LogP contribution is 2.26. The molecule has 0 amide bonds. The lowest BCUT2D eigenvalue weighted by atomic mass is 9.90. The molecule has 0 radical (unpaired) electrons. The summed E-state index contributed by atoms with van der Waals surface area (Å²) in [4.78, 5) is 2.07. The second-order valence-electron chi connectivity index (χ2n) is 4.99. The molecular formula is C14H18FN3. The molecule has 0 spiro atoms. The van der Waals surface area contributed by atoms with Gasteiger partial charge in [-0.3, -0.25) is 0 Å². The molecule has 3 nitrogen and oxygen atoms in total. The number of nitrogens with zero attached hydrogens (tertiary/aromatic N) is 2. The fourth-order valence-corrected chi connectivity index (χ4v) is 2.54. The van der Waals surface area contributed by atoms with Gasteiger partial charge in [-0.15, -0.1) is 0 Å². The summed E-state index contributed by atoms with van der Waals surface area (Å²) < 4.78 is 13.4. The van der Waals surface area contributed by atoms with E-state index in [9.17, 15) is 4.39 Å². The second-order valence-corrected chi connectivity index (χ2v) is 4.99. The van der Waals surface area contributed by atoms with Crippen molar-refractivity contribution in [2.75, 3.05) is 11.9 Å². The Morgan fingerprint density at radius 2 is 1.94 bits per heavy atom. The average molecular weight is 247 g/mol. The van der Waals surface area contributed by atoms with E-state index in [0.29, 0.717) is 17.6 Å². The van der Waals surface area contributed by atoms with E-state index in [0.717, 1.165) is 31.4 Å². The molecule has 1 aromatic rings. The number of anilines is 1. The first kappa shape index (κ1) is 12.8. The van der Waals surface area contributed by atoms with E-state index in [1.807, 2.05) is 13.1 Å². The lowest BCUT2D eigenvalue weighted by molar-refractivity contribution is 0.385. The fourth-order valence-electron chi connectivity index (χ4n) is 2.54. The van der Waals surface area contributed by atoms with Crippen LogP contribution in [0.5, 0.6) is 0 Å². The third-order valence-corrected chi connectivity index (χ3v) is 3.71. The van der Waals surface area contributed by atoms with Gasteiger partial charge in [-0.25, -0.2) is 4.39 Å². The Balaban J connectivity index is 2.16. The van der Waals surface area contributed by atoms with Crippen LogP contribution in [0.4, 0.5) is 10.1 Å². The zero-order valence-corrected chi connectivity index (χ0v) is 10.6. The SMILES string of the molecule is CN(c1cc(F)cc(C#N)c1)C1CCC(N)CC1. The fraction of sp³-hybridized carbons (Fsp3) is 0.500. The average Bonchev–Trinajstić information content (AvgIpc) is 2.38. The highest BCUT2D eigenvalue weighted by atomic mass is 19.1. The third kappa shape index (κ3) is 2.80. The molecule has 96 valence electrons. The standard InChI is InChI=1S/C14H18FN3/c1-18(13-4-2-12(17)3-5-13)14-7-10(9-16)6-11(15)8-14/h6-8,12-13H,2-5,17H2,1H3. The Hall–Kier alpha value is -1.60. The van der Waals surface area contributed by atoms with E-state index in [4.69, 9.17) is 11.0 Å². The van der Waals surface area contributed by atoms with Crippen molar-refractivity contribution >= 4 is 5.69 Å². The van der Waals surface area contributed by atoms with Gasteiger partial charge in [0.2, 0.25) is 0 Å². The smallest absolute Gasteiger partial charge is 0.126 e. The Morgan fingerprint density at radius 3 is 2.56 bits per heavy atom. The molecule has 1 saturated carbocycles. The maximum Gasteiger partial charge on any atom is 0.126 e. The van der Waals surface area contributed by atoms with Crippen molar-refractivity contribution in [3.05, 3.63) is 29.6 Å². The Labute approximate surface area is 107 Å². The molecule has 0 aromatic heterocycles. The van der Waals surface area contributed by atoms with Crippen molar-refractivity contribution in [1.29, 1.82) is 5.26 Å². The summed E-state index contributed by atoms with van der Waals surface area (Å²) in [5.41, 5.74) is 7.02. The highest BCUT2D eigenvalue weighted by molar-refractivity contribution is 5.52. The van der Waals surface area contributed by atoms with Crippen LogP contribution in [-0.2, 0) is 0 Å². The van der Waals surface area contributed by atoms with Crippen LogP contribution < -0.4 is 10.6 Å². The van der Waals surface area contributed by atoms with E-state index >= 15 is 0 Å². The quantitative estimate of drug-likeness (QED) is 0.873. The Kier molecular flexibility index (Phi) is 3.83. The number of hydrogen-bond donors (Lipinski definition) is 1. The van der Waals surface area contributed by atoms with Crippen molar-refractivity contribution in [3.63, 3.8) is 0 Å². The summed E-state index contributed by atoms with van der Waals surface area (Å²) in [5.74, 6) is -0.358. The first-order valence-electron chi connectivity index (χ1n) is 6.29. The normalized spacial score (nSPS) is 23.4. The number of rotatable bonds is 2. The monoisotopic (exact) mass is 247 g/mol. The van der Waals surface area contributed by atoms with Crippen LogP contribution in [-0.4, -0.2) is 19.1 Å². The van der Waals surface area contributed by atoms with Crippen LogP contribution >= 0.6 is 0 Å². The largest absolute Gasteiger partial charge is 0.371 e. The molecule has 1 fully saturated rings. The van der Waals surface area contributed by atoms with E-state index in [1.165, 1.54) is 12.1 Å². The van der Waals surface area contributed by atoms with E-state index < -0.39 is 0 Å². The lowest BCUT2D eigenvalue weighted by Gasteiger charge is -2.35. The van der Waals surface area contributed by atoms with Gasteiger partial charge in [0.25, 0.3) is 0 Å². The molecule has 0 saturated heterocycles. The van der Waals surface area contributed by atoms with Crippen molar-refractivity contribution in [2.45, 2.75) is 37.8 Å². The molecule has 0 unspecified atom stereocenters. The van der Waals surface area contributed by atoms with Crippen molar-refractivity contribution in [3.8, 4) is 6.07 Å². The van der Waals surface area contributed by atoms with Crippen molar-refractivity contribution in [1.82, 2.24) is 0 Å². The number of nitrogens with two attached hydrogens (primary N) is 1. The number of nitriles is 1. The minimum absolute atomic E-state index is 0.303. The van der Waals surface area contributed by atoms with Crippen molar-refractivity contribution < 1.29 is 4.39 Å². The first-order chi connectivity index (χ1) is 8.60. The van der Waals surface area contributed by atoms with Gasteiger partial charge in [0.05, 0.1) is 11.6 Å². The summed E-state index contributed by atoms with van der Waals surface area (Å²) in [6.07, 6.45) is 4.07. The van der Waals surface area contributed by atoms with Crippen LogP contribution in [0.3, 0.4) is 0 Å². The summed E-state index contributed by atoms with van der Waals surface area (Å²) in [7, 11) is 1.96. The molecule has 2 rings (SSSR count). The Bertz CT molecular complexity index is 459. The van der Waals surface area contributed by atoms with Gasteiger partial charge >= 0.3 is 0 Å². The molecule has 0 atom stereocenters. The highest BCUT2D eigenvalue weighted by Gasteiger charge is 2.22. The molecule has 0 aliphatic heterocycles. The summed E-state index contributed by atoms with van der Waals surface area (Å²) in [6.45, 7) is 0. The van der Waals surface area contributed by atoms with Crippen LogP contribution in [0, 0.1) is 17.1 Å². The topological polar surface area (TPSA) is 53.0 Å². The van der Waals surface area contributed by atoms with Crippen LogP contribution in [0.1, 0.15) is 31.2 Å². The van der Waals surface area contributed by atoms with Gasteiger partial charge in [-0.2, -0.15) is 5.26 Å². The predicted molar refractivity (Wildman–Crippen MR) is 69.7 cm³/mol. The zero-order valence-electron chi connectivity index (χ0n) is 10.6. The molecular weight excluding hydrogens is 229 g/mol. The molecule has 0 bridgehead atoms. The predicted octanol–water partition coefficient (Wildman–Crippen LogP) is 2.40. The number of benzene rings is 1. The number of halogens is 1. The molecule has 0 heterocycles. The van der Waals surface area contributed by atoms with Gasteiger partial charge in [0.1, 0.15) is 5.82 Å². The number of hydrogen-bond acceptors (Lipinski definition) is 3. The second kappa shape index (κ2) is 5.36. The Morgan fingerprint density at radius 1 is 1.28 bits per heavy atom.